The van der Waals surface area contributed by atoms with E-state index >= 15 is 0 Å². The lowest BCUT2D eigenvalue weighted by Gasteiger charge is -2.42. The van der Waals surface area contributed by atoms with Crippen LogP contribution in [-0.4, -0.2) is 36.5 Å². The number of aromatic hydroxyl groups is 1. The molecule has 182 valence electrons. The number of benzene rings is 2. The molecule has 1 aliphatic carbocycles. The third-order valence-electron chi connectivity index (χ3n) is 7.59. The molecule has 34 heavy (non-hydrogen) atoms. The maximum atomic E-state index is 13.1. The predicted molar refractivity (Wildman–Crippen MR) is 134 cm³/mol. The molecule has 2 aliphatic rings. The van der Waals surface area contributed by atoms with Crippen LogP contribution in [0, 0.1) is 0 Å². The van der Waals surface area contributed by atoms with Gasteiger partial charge in [0.1, 0.15) is 11.4 Å². The van der Waals surface area contributed by atoms with Crippen molar-refractivity contribution in [3.05, 3.63) is 52.6 Å². The normalized spacial score (nSPS) is 18.8. The first-order valence-electron chi connectivity index (χ1n) is 12.2. The summed E-state index contributed by atoms with van der Waals surface area (Å²) in [5.41, 5.74) is 9.21. The number of nitrogens with two attached hydrogens (primary N) is 1. The number of phenols is 1. The topological polar surface area (TPSA) is 92.9 Å². The Labute approximate surface area is 202 Å². The van der Waals surface area contributed by atoms with Gasteiger partial charge in [-0.2, -0.15) is 0 Å². The summed E-state index contributed by atoms with van der Waals surface area (Å²) in [6, 6.07) is 9.09. The average molecular weight is 465 g/mol. The number of nitrogens with zero attached hydrogens (tertiary/aromatic N) is 1. The molecule has 0 radical (unpaired) electrons. The highest BCUT2D eigenvalue weighted by Gasteiger charge is 2.37. The minimum Gasteiger partial charge on any atom is -0.505 e. The molecule has 0 atom stereocenters. The summed E-state index contributed by atoms with van der Waals surface area (Å²) in [6.07, 6.45) is 5.28. The van der Waals surface area contributed by atoms with Gasteiger partial charge in [-0.3, -0.25) is 9.59 Å². The smallest absolute Gasteiger partial charge is 0.252 e. The number of ketones is 1. The number of Topliss-reactive ketones (excluding diaryl/α,β-unsaturated/α-hetero) is 1. The first-order chi connectivity index (χ1) is 16.0. The van der Waals surface area contributed by atoms with E-state index in [2.05, 4.69) is 33.8 Å². The standard InChI is InChI=1S/C28H36N2O4/c1-27(2)12-13-28(3,4)21-16-18(8-10-20(21)27)22(31)17-34-23-11-9-19(26(29)33)25(32)24(23)30-14-6-5-7-15-30/h8-11,16,32H,5-7,12-15,17H2,1-4H3,(H2,29,33). The lowest BCUT2D eigenvalue weighted by atomic mass is 9.63. The highest BCUT2D eigenvalue weighted by molar-refractivity contribution is 5.99. The molecule has 4 rings (SSSR count). The molecule has 1 heterocycles. The molecule has 0 unspecified atom stereocenters. The Morgan fingerprint density at radius 2 is 1.62 bits per heavy atom. The lowest BCUT2D eigenvalue weighted by Crippen LogP contribution is -2.34. The van der Waals surface area contributed by atoms with Gasteiger partial charge in [0.2, 0.25) is 0 Å². The number of hydrogen-bond donors (Lipinski definition) is 2. The van der Waals surface area contributed by atoms with Gasteiger partial charge in [0.05, 0.1) is 5.56 Å². The Morgan fingerprint density at radius 3 is 2.26 bits per heavy atom. The number of piperidine rings is 1. The van der Waals surface area contributed by atoms with Crippen LogP contribution in [0.15, 0.2) is 30.3 Å². The molecule has 3 N–H and O–H groups in total. The second-order valence-electron chi connectivity index (χ2n) is 11.0. The minimum absolute atomic E-state index is 0.0137. The van der Waals surface area contributed by atoms with Gasteiger partial charge in [-0.25, -0.2) is 0 Å². The van der Waals surface area contributed by atoms with Crippen LogP contribution in [0.5, 0.6) is 11.5 Å². The summed E-state index contributed by atoms with van der Waals surface area (Å²) in [4.78, 5) is 26.9. The van der Waals surface area contributed by atoms with Gasteiger partial charge in [0.15, 0.2) is 18.1 Å². The Morgan fingerprint density at radius 1 is 0.971 bits per heavy atom. The zero-order valence-corrected chi connectivity index (χ0v) is 20.7. The van der Waals surface area contributed by atoms with Crippen molar-refractivity contribution in [3.8, 4) is 11.5 Å². The maximum Gasteiger partial charge on any atom is 0.252 e. The summed E-state index contributed by atoms with van der Waals surface area (Å²) >= 11 is 0. The Balaban J connectivity index is 1.60. The number of amides is 1. The van der Waals surface area contributed by atoms with Crippen molar-refractivity contribution in [2.75, 3.05) is 24.6 Å². The highest BCUT2D eigenvalue weighted by Crippen LogP contribution is 2.46. The summed E-state index contributed by atoms with van der Waals surface area (Å²) in [7, 11) is 0. The molecule has 1 fully saturated rings. The van der Waals surface area contributed by atoms with Gasteiger partial charge in [0.25, 0.3) is 5.91 Å². The van der Waals surface area contributed by atoms with Crippen LogP contribution < -0.4 is 15.4 Å². The Bertz CT molecular complexity index is 1110. The summed E-state index contributed by atoms with van der Waals surface area (Å²) in [5, 5.41) is 10.8. The van der Waals surface area contributed by atoms with E-state index in [0.29, 0.717) is 17.0 Å². The quantitative estimate of drug-likeness (QED) is 0.581. The van der Waals surface area contributed by atoms with Crippen LogP contribution in [-0.2, 0) is 10.8 Å². The Hall–Kier alpha value is -3.02. The monoisotopic (exact) mass is 464 g/mol. The summed E-state index contributed by atoms with van der Waals surface area (Å²) in [6.45, 7) is 10.3. The average Bonchev–Trinajstić information content (AvgIpc) is 2.80. The number of rotatable bonds is 6. The molecular weight excluding hydrogens is 428 g/mol. The number of primary amides is 1. The van der Waals surface area contributed by atoms with Crippen molar-refractivity contribution in [3.63, 3.8) is 0 Å². The van der Waals surface area contributed by atoms with Gasteiger partial charge in [-0.15, -0.1) is 0 Å². The summed E-state index contributed by atoms with van der Waals surface area (Å²) < 4.78 is 5.96. The van der Waals surface area contributed by atoms with E-state index in [9.17, 15) is 14.7 Å². The van der Waals surface area contributed by atoms with Crippen molar-refractivity contribution in [2.45, 2.75) is 70.6 Å². The zero-order chi connectivity index (χ0) is 24.7. The molecule has 1 aliphatic heterocycles. The van der Waals surface area contributed by atoms with Crippen LogP contribution in [0.4, 0.5) is 5.69 Å². The SMILES string of the molecule is CC1(C)CCC(C)(C)c2cc(C(=O)COc3ccc(C(N)=O)c(O)c3N3CCCCC3)ccc21. The van der Waals surface area contributed by atoms with Gasteiger partial charge in [-0.05, 0) is 72.3 Å². The second-order valence-corrected chi connectivity index (χ2v) is 11.0. The molecule has 6 heteroatoms. The van der Waals surface area contributed by atoms with Crippen LogP contribution in [0.1, 0.15) is 91.6 Å². The first kappa shape index (κ1) is 24.1. The fourth-order valence-electron chi connectivity index (χ4n) is 5.29. The molecule has 0 spiro atoms. The zero-order valence-electron chi connectivity index (χ0n) is 20.7. The van der Waals surface area contributed by atoms with Crippen molar-refractivity contribution in [1.82, 2.24) is 0 Å². The maximum absolute atomic E-state index is 13.1. The van der Waals surface area contributed by atoms with Gasteiger partial charge in [0, 0.05) is 18.7 Å². The number of ether oxygens (including phenoxy) is 1. The summed E-state index contributed by atoms with van der Waals surface area (Å²) in [5.74, 6) is -0.614. The first-order valence-corrected chi connectivity index (χ1v) is 12.2. The molecule has 2 aromatic rings. The number of carbonyl (C=O) groups excluding carboxylic acids is 2. The van der Waals surface area contributed by atoms with Crippen molar-refractivity contribution >= 4 is 17.4 Å². The van der Waals surface area contributed by atoms with E-state index in [4.69, 9.17) is 10.5 Å². The minimum atomic E-state index is -0.696. The molecule has 6 nitrogen and oxygen atoms in total. The molecular formula is C28H36N2O4. The number of anilines is 1. The van der Waals surface area contributed by atoms with Crippen LogP contribution in [0.2, 0.25) is 0 Å². The fraction of sp³-hybridized carbons (Fsp3) is 0.500. The fourth-order valence-corrected chi connectivity index (χ4v) is 5.29. The Kier molecular flexibility index (Phi) is 6.36. The van der Waals surface area contributed by atoms with Crippen LogP contribution >= 0.6 is 0 Å². The van der Waals surface area contributed by atoms with E-state index in [1.54, 1.807) is 6.07 Å². The largest absolute Gasteiger partial charge is 0.505 e. The van der Waals surface area contributed by atoms with Gasteiger partial charge in [-0.1, -0.05) is 39.8 Å². The molecule has 0 saturated carbocycles. The highest BCUT2D eigenvalue weighted by atomic mass is 16.5. The molecule has 1 saturated heterocycles. The van der Waals surface area contributed by atoms with Crippen molar-refractivity contribution in [2.24, 2.45) is 5.73 Å². The van der Waals surface area contributed by atoms with Crippen molar-refractivity contribution < 1.29 is 19.4 Å². The van der Waals surface area contributed by atoms with Crippen molar-refractivity contribution in [1.29, 1.82) is 0 Å². The molecule has 1 amide bonds. The third kappa shape index (κ3) is 4.50. The molecule has 0 aromatic heterocycles. The van der Waals surface area contributed by atoms with E-state index in [1.165, 1.54) is 17.2 Å². The van der Waals surface area contributed by atoms with Gasteiger partial charge < -0.3 is 20.5 Å². The van der Waals surface area contributed by atoms with E-state index in [0.717, 1.165) is 45.2 Å². The van der Waals surface area contributed by atoms with E-state index in [1.807, 2.05) is 17.0 Å². The third-order valence-corrected chi connectivity index (χ3v) is 7.59. The second kappa shape index (κ2) is 8.97. The molecule has 2 aromatic carbocycles. The number of hydrogen-bond acceptors (Lipinski definition) is 5. The molecule has 0 bridgehead atoms. The number of fused-ring (bicyclic) bond motifs is 1. The predicted octanol–water partition coefficient (Wildman–Crippen LogP) is 5.09. The van der Waals surface area contributed by atoms with Gasteiger partial charge >= 0.3 is 0 Å². The van der Waals surface area contributed by atoms with E-state index in [-0.39, 0.29) is 34.5 Å². The lowest BCUT2D eigenvalue weighted by molar-refractivity contribution is 0.0919. The van der Waals surface area contributed by atoms with Crippen LogP contribution in [0.25, 0.3) is 0 Å². The number of carbonyl (C=O) groups is 2. The van der Waals surface area contributed by atoms with Crippen LogP contribution in [0.3, 0.4) is 0 Å². The van der Waals surface area contributed by atoms with E-state index < -0.39 is 5.91 Å².